The zero-order valence-electron chi connectivity index (χ0n) is 14.4. The van der Waals surface area contributed by atoms with Gasteiger partial charge in [-0.3, -0.25) is 9.59 Å². The van der Waals surface area contributed by atoms with Gasteiger partial charge in [-0.15, -0.1) is 0 Å². The molecule has 8 nitrogen and oxygen atoms in total. The third kappa shape index (κ3) is 4.85. The Hall–Kier alpha value is -2.29. The molecule has 1 saturated heterocycles. The predicted octanol–water partition coefficient (Wildman–Crippen LogP) is 0.488. The summed E-state index contributed by atoms with van der Waals surface area (Å²) >= 11 is 0. The molecule has 0 aromatic heterocycles. The summed E-state index contributed by atoms with van der Waals surface area (Å²) in [5.74, 6) is 0.220. The second kappa shape index (κ2) is 8.19. The van der Waals surface area contributed by atoms with Crippen LogP contribution in [-0.4, -0.2) is 70.1 Å². The van der Waals surface area contributed by atoms with Crippen LogP contribution in [-0.2, 0) is 14.6 Å². The average Bonchev–Trinajstić information content (AvgIpc) is 2.65. The minimum Gasteiger partial charge on any atom is -0.497 e. The Morgan fingerprint density at radius 2 is 1.72 bits per heavy atom. The highest BCUT2D eigenvalue weighted by molar-refractivity contribution is 8.05. The van der Waals surface area contributed by atoms with Gasteiger partial charge in [0.15, 0.2) is 0 Å². The Labute approximate surface area is 147 Å². The maximum absolute atomic E-state index is 12.1. The van der Waals surface area contributed by atoms with Crippen molar-refractivity contribution in [1.82, 2.24) is 10.2 Å². The number of ether oxygens (including phenoxy) is 1. The molecule has 1 N–H and O–H groups in total. The molecule has 0 saturated carbocycles. The van der Waals surface area contributed by atoms with Crippen molar-refractivity contribution in [2.45, 2.75) is 6.92 Å². The molecule has 0 spiro atoms. The molecule has 2 rings (SSSR count). The molecule has 1 heterocycles. The maximum Gasteiger partial charge on any atom is 0.336 e. The van der Waals surface area contributed by atoms with Gasteiger partial charge in [0, 0.05) is 31.9 Å². The van der Waals surface area contributed by atoms with Gasteiger partial charge in [-0.1, -0.05) is 6.92 Å². The van der Waals surface area contributed by atoms with E-state index in [2.05, 4.69) is 10.2 Å². The van der Waals surface area contributed by atoms with Crippen LogP contribution in [0.25, 0.3) is 0 Å². The summed E-state index contributed by atoms with van der Waals surface area (Å²) in [6, 6.07) is 7.70. The number of hydrogen-bond donors (Lipinski definition) is 1. The number of rotatable bonds is 5. The van der Waals surface area contributed by atoms with Crippen LogP contribution in [0.5, 0.6) is 5.75 Å². The molecule has 2 amide bonds. The van der Waals surface area contributed by atoms with E-state index in [1.807, 2.05) is 24.3 Å². The molecule has 1 aromatic carbocycles. The van der Waals surface area contributed by atoms with Crippen LogP contribution in [0.3, 0.4) is 0 Å². The zero-order chi connectivity index (χ0) is 18.4. The lowest BCUT2D eigenvalue weighted by molar-refractivity contribution is -0.130. The second-order valence-electron chi connectivity index (χ2n) is 5.61. The number of carbonyl (C=O) groups excluding carboxylic acids is 2. The number of hydrogen-bond acceptors (Lipinski definition) is 6. The van der Waals surface area contributed by atoms with E-state index in [4.69, 9.17) is 4.74 Å². The summed E-state index contributed by atoms with van der Waals surface area (Å²) in [7, 11) is -2.20. The molecule has 0 atom stereocenters. The molecule has 1 aliphatic heterocycles. The summed E-state index contributed by atoms with van der Waals surface area (Å²) in [6.07, 6.45) is 0. The van der Waals surface area contributed by atoms with Gasteiger partial charge < -0.3 is 19.9 Å². The first-order valence-corrected chi connectivity index (χ1v) is 9.70. The third-order valence-electron chi connectivity index (χ3n) is 4.12. The van der Waals surface area contributed by atoms with Crippen molar-refractivity contribution in [1.29, 1.82) is 0 Å². The summed E-state index contributed by atoms with van der Waals surface area (Å²) in [5, 5.41) is 1.08. The van der Waals surface area contributed by atoms with Gasteiger partial charge in [0.25, 0.3) is 0 Å². The topological polar surface area (TPSA) is 96.0 Å². The number of nitrogens with one attached hydrogen (secondary N) is 1. The molecule has 1 fully saturated rings. The number of piperazine rings is 1. The first-order valence-electron chi connectivity index (χ1n) is 8.04. The standard InChI is InChI=1S/C16H23N3O5S/c1-3-25(22,23)16(21)17-12-15(20)19-10-8-18(9-11-19)13-4-6-14(24-2)7-5-13/h4-7H,3,8-12H2,1-2H3,(H,17,21). The van der Waals surface area contributed by atoms with Gasteiger partial charge in [-0.05, 0) is 24.3 Å². The Kier molecular flexibility index (Phi) is 6.24. The smallest absolute Gasteiger partial charge is 0.336 e. The van der Waals surface area contributed by atoms with Gasteiger partial charge in [0.1, 0.15) is 5.75 Å². The number of amides is 2. The third-order valence-corrected chi connectivity index (χ3v) is 5.59. The molecular weight excluding hydrogens is 346 g/mol. The van der Waals surface area contributed by atoms with Crippen molar-refractivity contribution < 1.29 is 22.7 Å². The number of benzene rings is 1. The molecule has 9 heteroatoms. The SMILES string of the molecule is CCS(=O)(=O)C(=O)NCC(=O)N1CCN(c2ccc(OC)cc2)CC1. The zero-order valence-corrected chi connectivity index (χ0v) is 15.2. The summed E-state index contributed by atoms with van der Waals surface area (Å²) in [6.45, 7) is 3.44. The van der Waals surface area contributed by atoms with Crippen molar-refractivity contribution in [3.8, 4) is 5.75 Å². The lowest BCUT2D eigenvalue weighted by atomic mass is 10.2. The van der Waals surface area contributed by atoms with E-state index >= 15 is 0 Å². The molecule has 0 aliphatic carbocycles. The van der Waals surface area contributed by atoms with Crippen LogP contribution in [0, 0.1) is 0 Å². The normalized spacial score (nSPS) is 15.0. The predicted molar refractivity (Wildman–Crippen MR) is 94.6 cm³/mol. The second-order valence-corrected chi connectivity index (χ2v) is 7.79. The highest BCUT2D eigenvalue weighted by atomic mass is 32.2. The van der Waals surface area contributed by atoms with E-state index in [0.717, 1.165) is 11.4 Å². The number of methoxy groups -OCH3 is 1. The van der Waals surface area contributed by atoms with E-state index in [1.54, 1.807) is 12.0 Å². The Morgan fingerprint density at radius 3 is 2.24 bits per heavy atom. The average molecular weight is 369 g/mol. The van der Waals surface area contributed by atoms with Crippen LogP contribution in [0.2, 0.25) is 0 Å². The van der Waals surface area contributed by atoms with E-state index in [1.165, 1.54) is 6.92 Å². The van der Waals surface area contributed by atoms with Gasteiger partial charge in [0.05, 0.1) is 19.4 Å². The minimum atomic E-state index is -3.81. The molecular formula is C16H23N3O5S. The Bertz CT molecular complexity index is 710. The van der Waals surface area contributed by atoms with Crippen molar-refractivity contribution in [2.75, 3.05) is 50.5 Å². The van der Waals surface area contributed by atoms with E-state index < -0.39 is 15.1 Å². The lowest BCUT2D eigenvalue weighted by Gasteiger charge is -2.36. The highest BCUT2D eigenvalue weighted by Crippen LogP contribution is 2.20. The largest absolute Gasteiger partial charge is 0.497 e. The first-order chi connectivity index (χ1) is 11.9. The minimum absolute atomic E-state index is 0.283. The molecule has 138 valence electrons. The van der Waals surface area contributed by atoms with Gasteiger partial charge in [-0.2, -0.15) is 0 Å². The van der Waals surface area contributed by atoms with E-state index in [-0.39, 0.29) is 18.2 Å². The maximum atomic E-state index is 12.1. The number of nitrogens with zero attached hydrogens (tertiary/aromatic N) is 2. The number of anilines is 1. The highest BCUT2D eigenvalue weighted by Gasteiger charge is 2.24. The molecule has 0 bridgehead atoms. The van der Waals surface area contributed by atoms with Crippen LogP contribution in [0.1, 0.15) is 6.92 Å². The van der Waals surface area contributed by atoms with E-state index in [0.29, 0.717) is 26.2 Å². The Morgan fingerprint density at radius 1 is 1.12 bits per heavy atom. The summed E-state index contributed by atoms with van der Waals surface area (Å²) in [5.41, 5.74) is 1.05. The van der Waals surface area contributed by atoms with Crippen LogP contribution in [0.4, 0.5) is 10.5 Å². The van der Waals surface area contributed by atoms with Crippen LogP contribution >= 0.6 is 0 Å². The van der Waals surface area contributed by atoms with Crippen molar-refractivity contribution in [2.24, 2.45) is 0 Å². The molecule has 1 aliphatic rings. The van der Waals surface area contributed by atoms with Gasteiger partial charge in [0.2, 0.25) is 15.7 Å². The number of sulfone groups is 1. The van der Waals surface area contributed by atoms with Gasteiger partial charge >= 0.3 is 5.24 Å². The van der Waals surface area contributed by atoms with Crippen LogP contribution < -0.4 is 15.0 Å². The van der Waals surface area contributed by atoms with Crippen LogP contribution in [0.15, 0.2) is 24.3 Å². The van der Waals surface area contributed by atoms with E-state index in [9.17, 15) is 18.0 Å². The van der Waals surface area contributed by atoms with Crippen molar-refractivity contribution in [3.05, 3.63) is 24.3 Å². The monoisotopic (exact) mass is 369 g/mol. The first kappa shape index (κ1) is 19.0. The quantitative estimate of drug-likeness (QED) is 0.811. The summed E-state index contributed by atoms with van der Waals surface area (Å²) in [4.78, 5) is 27.4. The molecule has 25 heavy (non-hydrogen) atoms. The fourth-order valence-corrected chi connectivity index (χ4v) is 3.06. The fourth-order valence-electron chi connectivity index (χ4n) is 2.51. The van der Waals surface area contributed by atoms with Crippen molar-refractivity contribution in [3.63, 3.8) is 0 Å². The molecule has 1 aromatic rings. The fraction of sp³-hybridized carbons (Fsp3) is 0.500. The van der Waals surface area contributed by atoms with Crippen molar-refractivity contribution >= 4 is 26.7 Å². The van der Waals surface area contributed by atoms with Gasteiger partial charge in [-0.25, -0.2) is 8.42 Å². The Balaban J connectivity index is 1.82. The summed E-state index contributed by atoms with van der Waals surface area (Å²) < 4.78 is 27.9. The molecule has 0 radical (unpaired) electrons. The molecule has 0 unspecified atom stereocenters. The number of carbonyl (C=O) groups is 2. The lowest BCUT2D eigenvalue weighted by Crippen LogP contribution is -2.51.